The zero-order chi connectivity index (χ0) is 14.4. The van der Waals surface area contributed by atoms with Gasteiger partial charge in [0.05, 0.1) is 0 Å². The molecule has 7 heteroatoms. The Labute approximate surface area is 116 Å². The van der Waals surface area contributed by atoms with Gasteiger partial charge in [-0.1, -0.05) is 12.1 Å². The van der Waals surface area contributed by atoms with E-state index in [1.54, 1.807) is 19.2 Å². The number of aryl methyl sites for hydroxylation is 1. The molecule has 0 saturated heterocycles. The van der Waals surface area contributed by atoms with Gasteiger partial charge in [-0.2, -0.15) is 4.98 Å². The molecule has 0 bridgehead atoms. The molecule has 2 aromatic heterocycles. The summed E-state index contributed by atoms with van der Waals surface area (Å²) in [6.07, 6.45) is 2.58. The van der Waals surface area contributed by atoms with Crippen molar-refractivity contribution in [1.29, 1.82) is 0 Å². The fourth-order valence-corrected chi connectivity index (χ4v) is 1.72. The molecular weight excluding hydrogens is 258 g/mol. The predicted octanol–water partition coefficient (Wildman–Crippen LogP) is 1.04. The minimum absolute atomic E-state index is 0.137. The van der Waals surface area contributed by atoms with Crippen molar-refractivity contribution in [2.45, 2.75) is 19.8 Å². The highest BCUT2D eigenvalue weighted by Gasteiger charge is 2.09. The summed E-state index contributed by atoms with van der Waals surface area (Å²) in [5.41, 5.74) is 1.47. The molecule has 0 aliphatic heterocycles. The Bertz CT molecular complexity index is 546. The maximum absolute atomic E-state index is 12.1. The average Bonchev–Trinajstić information content (AvgIpc) is 2.99. The number of nitrogens with zero attached hydrogens (tertiary/aromatic N) is 3. The third-order valence-electron chi connectivity index (χ3n) is 2.80. The maximum atomic E-state index is 12.1. The fraction of sp³-hybridized carbons (Fsp3) is 0.385. The first-order valence-corrected chi connectivity index (χ1v) is 6.45. The largest absolute Gasteiger partial charge is 0.373 e. The third kappa shape index (κ3) is 3.53. The molecule has 0 saturated carbocycles. The number of pyridine rings is 1. The zero-order valence-electron chi connectivity index (χ0n) is 11.5. The van der Waals surface area contributed by atoms with Crippen LogP contribution in [0.15, 0.2) is 23.0 Å². The van der Waals surface area contributed by atoms with Crippen molar-refractivity contribution in [2.75, 3.05) is 18.9 Å². The number of rotatable bonds is 6. The molecule has 2 aromatic rings. The summed E-state index contributed by atoms with van der Waals surface area (Å²) in [5.74, 6) is 1.12. The molecular formula is C13H17N5O2. The van der Waals surface area contributed by atoms with E-state index in [4.69, 9.17) is 0 Å². The van der Waals surface area contributed by atoms with Crippen LogP contribution in [-0.2, 0) is 12.8 Å². The molecule has 0 fully saturated rings. The van der Waals surface area contributed by atoms with Gasteiger partial charge in [0.2, 0.25) is 6.39 Å². The van der Waals surface area contributed by atoms with Crippen molar-refractivity contribution in [3.8, 4) is 0 Å². The van der Waals surface area contributed by atoms with Gasteiger partial charge in [-0.15, -0.1) is 0 Å². The van der Waals surface area contributed by atoms with Crippen LogP contribution in [0.4, 0.5) is 5.82 Å². The summed E-state index contributed by atoms with van der Waals surface area (Å²) in [7, 11) is 1.78. The number of carbonyl (C=O) groups excluding carboxylic acids is 1. The Balaban J connectivity index is 1.97. The van der Waals surface area contributed by atoms with Gasteiger partial charge in [-0.3, -0.25) is 4.79 Å². The monoisotopic (exact) mass is 275 g/mol. The molecule has 20 heavy (non-hydrogen) atoms. The number of carbonyl (C=O) groups is 1. The lowest BCUT2D eigenvalue weighted by Crippen LogP contribution is -2.26. The van der Waals surface area contributed by atoms with Crippen molar-refractivity contribution in [1.82, 2.24) is 20.4 Å². The van der Waals surface area contributed by atoms with E-state index >= 15 is 0 Å². The molecule has 2 N–H and O–H groups in total. The van der Waals surface area contributed by atoms with Gasteiger partial charge in [0.15, 0.2) is 5.82 Å². The van der Waals surface area contributed by atoms with Crippen LogP contribution in [0.1, 0.15) is 28.8 Å². The van der Waals surface area contributed by atoms with Crippen LogP contribution in [0.2, 0.25) is 0 Å². The fourth-order valence-electron chi connectivity index (χ4n) is 1.72. The van der Waals surface area contributed by atoms with Crippen molar-refractivity contribution in [3.63, 3.8) is 0 Å². The molecule has 0 unspecified atom stereocenters. The highest BCUT2D eigenvalue weighted by molar-refractivity contribution is 5.95. The molecule has 2 heterocycles. The topological polar surface area (TPSA) is 92.9 Å². The highest BCUT2D eigenvalue weighted by atomic mass is 16.5. The van der Waals surface area contributed by atoms with Crippen molar-refractivity contribution < 1.29 is 9.32 Å². The highest BCUT2D eigenvalue weighted by Crippen LogP contribution is 2.10. The lowest BCUT2D eigenvalue weighted by atomic mass is 10.2. The second-order valence-corrected chi connectivity index (χ2v) is 4.19. The van der Waals surface area contributed by atoms with Crippen LogP contribution in [-0.4, -0.2) is 34.6 Å². The SMILES string of the molecule is CCc1cc(C(=O)NCCc2ncon2)cc(NC)n1. The number of amides is 1. The van der Waals surface area contributed by atoms with Crippen LogP contribution in [0.25, 0.3) is 0 Å². The van der Waals surface area contributed by atoms with Crippen molar-refractivity contribution in [3.05, 3.63) is 35.6 Å². The minimum atomic E-state index is -0.137. The van der Waals surface area contributed by atoms with E-state index < -0.39 is 0 Å². The first-order chi connectivity index (χ1) is 9.72. The number of nitrogens with one attached hydrogen (secondary N) is 2. The quantitative estimate of drug-likeness (QED) is 0.818. The van der Waals surface area contributed by atoms with Crippen LogP contribution in [0.3, 0.4) is 0 Å². The van der Waals surface area contributed by atoms with E-state index in [9.17, 15) is 4.79 Å². The second-order valence-electron chi connectivity index (χ2n) is 4.19. The first-order valence-electron chi connectivity index (χ1n) is 6.45. The minimum Gasteiger partial charge on any atom is -0.373 e. The third-order valence-corrected chi connectivity index (χ3v) is 2.80. The van der Waals surface area contributed by atoms with Gasteiger partial charge < -0.3 is 15.2 Å². The molecule has 7 nitrogen and oxygen atoms in total. The van der Waals surface area contributed by atoms with Gasteiger partial charge in [-0.25, -0.2) is 4.98 Å². The first kappa shape index (κ1) is 14.0. The molecule has 106 valence electrons. The zero-order valence-corrected chi connectivity index (χ0v) is 11.5. The molecule has 0 aliphatic rings. The maximum Gasteiger partial charge on any atom is 0.251 e. The Kier molecular flexibility index (Phi) is 4.65. The van der Waals surface area contributed by atoms with Crippen LogP contribution in [0.5, 0.6) is 0 Å². The van der Waals surface area contributed by atoms with Gasteiger partial charge in [0.25, 0.3) is 5.91 Å². The molecule has 0 radical (unpaired) electrons. The predicted molar refractivity (Wildman–Crippen MR) is 73.5 cm³/mol. The summed E-state index contributed by atoms with van der Waals surface area (Å²) in [6.45, 7) is 2.46. The molecule has 1 amide bonds. The van der Waals surface area contributed by atoms with Gasteiger partial charge in [-0.05, 0) is 18.6 Å². The average molecular weight is 275 g/mol. The smallest absolute Gasteiger partial charge is 0.251 e. The summed E-state index contributed by atoms with van der Waals surface area (Å²) >= 11 is 0. The molecule has 2 rings (SSSR count). The van der Waals surface area contributed by atoms with E-state index in [0.29, 0.717) is 30.2 Å². The number of anilines is 1. The van der Waals surface area contributed by atoms with Gasteiger partial charge >= 0.3 is 0 Å². The lowest BCUT2D eigenvalue weighted by molar-refractivity contribution is 0.0953. The molecule has 0 spiro atoms. The second kappa shape index (κ2) is 6.65. The van der Waals surface area contributed by atoms with Crippen LogP contribution >= 0.6 is 0 Å². The van der Waals surface area contributed by atoms with Crippen molar-refractivity contribution >= 4 is 11.7 Å². The standard InChI is InChI=1S/C13H17N5O2/c1-3-10-6-9(7-12(14-2)17-10)13(19)15-5-4-11-16-8-20-18-11/h6-8H,3-5H2,1-2H3,(H,14,17)(H,15,19). The molecule has 0 atom stereocenters. The summed E-state index contributed by atoms with van der Waals surface area (Å²) in [5, 5.41) is 9.46. The molecule has 0 aromatic carbocycles. The van der Waals surface area contributed by atoms with Gasteiger partial charge in [0.1, 0.15) is 5.82 Å². The Hall–Kier alpha value is -2.44. The van der Waals surface area contributed by atoms with Gasteiger partial charge in [0, 0.05) is 31.3 Å². The number of aromatic nitrogens is 3. The summed E-state index contributed by atoms with van der Waals surface area (Å²) in [4.78, 5) is 20.3. The van der Waals surface area contributed by atoms with E-state index in [1.165, 1.54) is 6.39 Å². The van der Waals surface area contributed by atoms with E-state index in [0.717, 1.165) is 12.1 Å². The summed E-state index contributed by atoms with van der Waals surface area (Å²) in [6, 6.07) is 3.52. The Morgan fingerprint density at radius 1 is 1.40 bits per heavy atom. The van der Waals surface area contributed by atoms with Crippen molar-refractivity contribution in [2.24, 2.45) is 0 Å². The normalized spacial score (nSPS) is 10.3. The Morgan fingerprint density at radius 2 is 2.25 bits per heavy atom. The molecule has 0 aliphatic carbocycles. The van der Waals surface area contributed by atoms with E-state index in [-0.39, 0.29) is 5.91 Å². The number of hydrogen-bond acceptors (Lipinski definition) is 6. The lowest BCUT2D eigenvalue weighted by Gasteiger charge is -2.08. The Morgan fingerprint density at radius 3 is 2.90 bits per heavy atom. The van der Waals surface area contributed by atoms with E-state index in [2.05, 4.69) is 30.3 Å². The number of hydrogen-bond donors (Lipinski definition) is 2. The summed E-state index contributed by atoms with van der Waals surface area (Å²) < 4.78 is 4.63. The van der Waals surface area contributed by atoms with E-state index in [1.807, 2.05) is 6.92 Å². The van der Waals surface area contributed by atoms with Crippen LogP contribution in [0, 0.1) is 0 Å². The van der Waals surface area contributed by atoms with Crippen LogP contribution < -0.4 is 10.6 Å².